The summed E-state index contributed by atoms with van der Waals surface area (Å²) < 4.78 is 23.3. The molecule has 1 aliphatic rings. The summed E-state index contributed by atoms with van der Waals surface area (Å²) in [6, 6.07) is 5.52. The molecule has 0 saturated heterocycles. The van der Waals surface area contributed by atoms with Crippen molar-refractivity contribution in [1.82, 2.24) is 0 Å². The van der Waals surface area contributed by atoms with Crippen LogP contribution in [0.2, 0.25) is 0 Å². The smallest absolute Gasteiger partial charge is 0.314 e. The van der Waals surface area contributed by atoms with Crippen molar-refractivity contribution in [2.75, 3.05) is 14.2 Å². The molecule has 0 aliphatic heterocycles. The predicted octanol–water partition coefficient (Wildman–Crippen LogP) is 1.93. The second kappa shape index (κ2) is 4.33. The zero-order chi connectivity index (χ0) is 13.4. The topological polar surface area (TPSA) is 55.8 Å². The summed E-state index contributed by atoms with van der Waals surface area (Å²) >= 11 is 0. The highest BCUT2D eigenvalue weighted by atomic mass is 19.1. The molecule has 1 fully saturated rings. The minimum atomic E-state index is -1.06. The van der Waals surface area contributed by atoms with Crippen LogP contribution in [0.4, 0.5) is 4.39 Å². The van der Waals surface area contributed by atoms with Gasteiger partial charge in [0.25, 0.3) is 0 Å². The number of carboxylic acid groups (broad SMARTS) is 1. The second-order valence-corrected chi connectivity index (χ2v) is 4.57. The summed E-state index contributed by atoms with van der Waals surface area (Å²) in [6.45, 7) is 0. The highest BCUT2D eigenvalue weighted by molar-refractivity contribution is 5.83. The number of ether oxygens (including phenoxy) is 2. The average Bonchev–Trinajstić information content (AvgIpc) is 2.31. The SMILES string of the molecule is COC1(OC)CC(C(=O)O)(c2ccc(F)cc2)C1. The third kappa shape index (κ3) is 1.79. The van der Waals surface area contributed by atoms with Crippen LogP contribution < -0.4 is 0 Å². The Morgan fingerprint density at radius 1 is 1.22 bits per heavy atom. The van der Waals surface area contributed by atoms with E-state index in [-0.39, 0.29) is 18.7 Å². The summed E-state index contributed by atoms with van der Waals surface area (Å²) in [5.41, 5.74) is -0.485. The van der Waals surface area contributed by atoms with Crippen LogP contribution in [0.5, 0.6) is 0 Å². The molecule has 18 heavy (non-hydrogen) atoms. The lowest BCUT2D eigenvalue weighted by Gasteiger charge is -2.51. The highest BCUT2D eigenvalue weighted by Gasteiger charge is 2.61. The monoisotopic (exact) mass is 254 g/mol. The van der Waals surface area contributed by atoms with Crippen LogP contribution in [0.25, 0.3) is 0 Å². The first-order chi connectivity index (χ1) is 8.48. The lowest BCUT2D eigenvalue weighted by Crippen LogP contribution is -2.60. The van der Waals surface area contributed by atoms with Gasteiger partial charge in [0.2, 0.25) is 0 Å². The number of carboxylic acids is 1. The van der Waals surface area contributed by atoms with Crippen molar-refractivity contribution in [2.24, 2.45) is 0 Å². The summed E-state index contributed by atoms with van der Waals surface area (Å²) in [4.78, 5) is 11.5. The number of aliphatic carboxylic acids is 1. The molecule has 0 unspecified atom stereocenters. The lowest BCUT2D eigenvalue weighted by atomic mass is 9.60. The fourth-order valence-corrected chi connectivity index (χ4v) is 2.49. The molecule has 4 nitrogen and oxygen atoms in total. The summed E-state index contributed by atoms with van der Waals surface area (Å²) in [5.74, 6) is -2.19. The predicted molar refractivity (Wildman–Crippen MR) is 61.7 cm³/mol. The zero-order valence-corrected chi connectivity index (χ0v) is 10.3. The summed E-state index contributed by atoms with van der Waals surface area (Å²) in [5, 5.41) is 9.42. The van der Waals surface area contributed by atoms with Crippen molar-refractivity contribution < 1.29 is 23.8 Å². The Hall–Kier alpha value is -1.46. The molecular formula is C13H15FO4. The maximum Gasteiger partial charge on any atom is 0.314 e. The first kappa shape index (κ1) is 13.0. The van der Waals surface area contributed by atoms with E-state index in [0.29, 0.717) is 5.56 Å². The fraction of sp³-hybridized carbons (Fsp3) is 0.462. The first-order valence-electron chi connectivity index (χ1n) is 5.58. The van der Waals surface area contributed by atoms with Crippen LogP contribution in [-0.2, 0) is 19.7 Å². The number of halogens is 1. The van der Waals surface area contributed by atoms with E-state index in [1.165, 1.54) is 38.5 Å². The number of hydrogen-bond acceptors (Lipinski definition) is 3. The number of methoxy groups -OCH3 is 2. The van der Waals surface area contributed by atoms with Gasteiger partial charge in [0.05, 0.1) is 0 Å². The molecule has 98 valence electrons. The fourth-order valence-electron chi connectivity index (χ4n) is 2.49. The van der Waals surface area contributed by atoms with Gasteiger partial charge in [-0.05, 0) is 17.7 Å². The minimum Gasteiger partial charge on any atom is -0.481 e. The van der Waals surface area contributed by atoms with Gasteiger partial charge >= 0.3 is 5.97 Å². The van der Waals surface area contributed by atoms with Crippen LogP contribution in [0.1, 0.15) is 18.4 Å². The van der Waals surface area contributed by atoms with Crippen molar-refractivity contribution in [1.29, 1.82) is 0 Å². The van der Waals surface area contributed by atoms with E-state index in [2.05, 4.69) is 0 Å². The number of hydrogen-bond donors (Lipinski definition) is 1. The summed E-state index contributed by atoms with van der Waals surface area (Å²) in [6.07, 6.45) is 0.432. The van der Waals surface area contributed by atoms with E-state index in [4.69, 9.17) is 9.47 Å². The molecule has 1 N–H and O–H groups in total. The average molecular weight is 254 g/mol. The first-order valence-corrected chi connectivity index (χ1v) is 5.58. The van der Waals surface area contributed by atoms with Gasteiger partial charge in [0, 0.05) is 27.1 Å². The van der Waals surface area contributed by atoms with E-state index in [0.717, 1.165) is 0 Å². The Morgan fingerprint density at radius 2 is 1.72 bits per heavy atom. The van der Waals surface area contributed by atoms with Crippen molar-refractivity contribution >= 4 is 5.97 Å². The maximum atomic E-state index is 12.9. The Kier molecular flexibility index (Phi) is 3.12. The van der Waals surface area contributed by atoms with E-state index >= 15 is 0 Å². The molecule has 2 rings (SSSR count). The lowest BCUT2D eigenvalue weighted by molar-refractivity contribution is -0.277. The quantitative estimate of drug-likeness (QED) is 0.834. The van der Waals surface area contributed by atoms with Gasteiger partial charge in [-0.3, -0.25) is 4.79 Å². The molecule has 1 aliphatic carbocycles. The summed E-state index contributed by atoms with van der Waals surface area (Å²) in [7, 11) is 2.97. The number of rotatable bonds is 4. The van der Waals surface area contributed by atoms with Crippen LogP contribution in [-0.4, -0.2) is 31.1 Å². The van der Waals surface area contributed by atoms with Crippen LogP contribution in [0, 0.1) is 5.82 Å². The van der Waals surface area contributed by atoms with E-state index in [1.807, 2.05) is 0 Å². The molecule has 1 aromatic carbocycles. The normalized spacial score (nSPS) is 20.2. The second-order valence-electron chi connectivity index (χ2n) is 4.57. The number of carbonyl (C=O) groups is 1. The van der Waals surface area contributed by atoms with E-state index < -0.39 is 17.2 Å². The van der Waals surface area contributed by atoms with Crippen LogP contribution >= 0.6 is 0 Å². The molecule has 0 spiro atoms. The van der Waals surface area contributed by atoms with E-state index in [9.17, 15) is 14.3 Å². The van der Waals surface area contributed by atoms with Gasteiger partial charge in [0.15, 0.2) is 5.79 Å². The van der Waals surface area contributed by atoms with Crippen molar-refractivity contribution in [3.63, 3.8) is 0 Å². The molecule has 1 aromatic rings. The van der Waals surface area contributed by atoms with Crippen LogP contribution in [0.3, 0.4) is 0 Å². The van der Waals surface area contributed by atoms with Gasteiger partial charge in [-0.1, -0.05) is 12.1 Å². The Balaban J connectivity index is 2.32. The Morgan fingerprint density at radius 3 is 2.11 bits per heavy atom. The van der Waals surface area contributed by atoms with Crippen molar-refractivity contribution in [3.8, 4) is 0 Å². The minimum absolute atomic E-state index is 0.216. The van der Waals surface area contributed by atoms with Crippen molar-refractivity contribution in [2.45, 2.75) is 24.0 Å². The van der Waals surface area contributed by atoms with E-state index in [1.54, 1.807) is 0 Å². The van der Waals surface area contributed by atoms with Gasteiger partial charge in [-0.25, -0.2) is 4.39 Å². The molecule has 0 atom stereocenters. The standard InChI is InChI=1S/C13H15FO4/c1-17-13(18-2)7-12(8-13,11(15)16)9-3-5-10(14)6-4-9/h3-6H,7-8H2,1-2H3,(H,15,16). The maximum absolute atomic E-state index is 12.9. The molecule has 0 amide bonds. The Labute approximate surface area is 104 Å². The molecule has 0 aromatic heterocycles. The van der Waals surface area contributed by atoms with Crippen LogP contribution in [0.15, 0.2) is 24.3 Å². The van der Waals surface area contributed by atoms with Gasteiger partial charge in [0.1, 0.15) is 11.2 Å². The Bertz CT molecular complexity index is 443. The third-order valence-corrected chi connectivity index (χ3v) is 3.69. The molecule has 0 heterocycles. The molecule has 1 saturated carbocycles. The number of benzene rings is 1. The zero-order valence-electron chi connectivity index (χ0n) is 10.3. The van der Waals surface area contributed by atoms with Crippen molar-refractivity contribution in [3.05, 3.63) is 35.6 Å². The van der Waals surface area contributed by atoms with Gasteiger partial charge < -0.3 is 14.6 Å². The molecular weight excluding hydrogens is 239 g/mol. The molecule has 0 radical (unpaired) electrons. The third-order valence-electron chi connectivity index (χ3n) is 3.69. The highest BCUT2D eigenvalue weighted by Crippen LogP contribution is 2.52. The van der Waals surface area contributed by atoms with Gasteiger partial charge in [-0.2, -0.15) is 0 Å². The largest absolute Gasteiger partial charge is 0.481 e. The van der Waals surface area contributed by atoms with Gasteiger partial charge in [-0.15, -0.1) is 0 Å². The molecule has 5 heteroatoms. The molecule has 0 bridgehead atoms.